The zero-order chi connectivity index (χ0) is 32.1. The van der Waals surface area contributed by atoms with Crippen LogP contribution >= 0.6 is 11.6 Å². The molecule has 238 valence electrons. The Kier molecular flexibility index (Phi) is 10.8. The maximum absolute atomic E-state index is 14.2. The molecule has 1 aliphatic carbocycles. The standard InChI is InChI=1S/C31H41ClFN7O4/c1-19(2)39(17-27(42)34-16-21-7-6-8-25(32)29(21)33)28(43)18-40-26-10-9-22(15-24(26)30(36-40)20(3)41)35-31(44)38(5)23-11-13-37(4)14-12-23/h6-10,19,22-23H,11-18H2,1-5H3,(H,34,42)(H,35,44). The number of fused-ring (bicyclic) bond motifs is 1. The second-order valence-corrected chi connectivity index (χ2v) is 12.2. The predicted molar refractivity (Wildman–Crippen MR) is 166 cm³/mol. The highest BCUT2D eigenvalue weighted by molar-refractivity contribution is 6.30. The summed E-state index contributed by atoms with van der Waals surface area (Å²) in [7, 11) is 3.88. The van der Waals surface area contributed by atoms with Crippen LogP contribution in [0.4, 0.5) is 9.18 Å². The van der Waals surface area contributed by atoms with Crippen LogP contribution in [0, 0.1) is 5.82 Å². The summed E-state index contributed by atoms with van der Waals surface area (Å²) in [5, 5.41) is 10.1. The maximum Gasteiger partial charge on any atom is 0.317 e. The Hall–Kier alpha value is -3.77. The third-order valence-corrected chi connectivity index (χ3v) is 8.54. The van der Waals surface area contributed by atoms with Crippen LogP contribution in [0.25, 0.3) is 6.08 Å². The minimum atomic E-state index is -0.602. The summed E-state index contributed by atoms with van der Waals surface area (Å²) in [6.45, 7) is 6.38. The molecular weight excluding hydrogens is 589 g/mol. The Morgan fingerprint density at radius 3 is 2.55 bits per heavy atom. The molecule has 1 aliphatic heterocycles. The van der Waals surface area contributed by atoms with Crippen molar-refractivity contribution in [3.8, 4) is 0 Å². The van der Waals surface area contributed by atoms with Crippen molar-refractivity contribution in [3.63, 3.8) is 0 Å². The molecule has 1 aromatic carbocycles. The van der Waals surface area contributed by atoms with Crippen molar-refractivity contribution in [2.45, 2.75) is 71.2 Å². The van der Waals surface area contributed by atoms with Gasteiger partial charge >= 0.3 is 6.03 Å². The second-order valence-electron chi connectivity index (χ2n) is 11.8. The zero-order valence-electron chi connectivity index (χ0n) is 25.9. The van der Waals surface area contributed by atoms with E-state index in [9.17, 15) is 23.6 Å². The van der Waals surface area contributed by atoms with Gasteiger partial charge in [-0.25, -0.2) is 9.18 Å². The smallest absolute Gasteiger partial charge is 0.317 e. The quantitative estimate of drug-likeness (QED) is 0.390. The Morgan fingerprint density at radius 1 is 1.18 bits per heavy atom. The second kappa shape index (κ2) is 14.3. The van der Waals surface area contributed by atoms with Gasteiger partial charge in [-0.2, -0.15) is 5.10 Å². The number of rotatable bonds is 10. The van der Waals surface area contributed by atoms with Crippen LogP contribution in [0.2, 0.25) is 5.02 Å². The average molecular weight is 630 g/mol. The van der Waals surface area contributed by atoms with Gasteiger partial charge in [-0.15, -0.1) is 0 Å². The number of halogens is 2. The van der Waals surface area contributed by atoms with Crippen LogP contribution in [0.5, 0.6) is 0 Å². The minimum Gasteiger partial charge on any atom is -0.350 e. The van der Waals surface area contributed by atoms with Crippen LogP contribution in [-0.2, 0) is 29.1 Å². The molecule has 2 heterocycles. The highest BCUT2D eigenvalue weighted by Crippen LogP contribution is 2.25. The number of Topliss-reactive ketones (excluding diaryl/α,β-unsaturated/α-hetero) is 1. The molecule has 11 nitrogen and oxygen atoms in total. The molecule has 0 radical (unpaired) electrons. The first-order valence-corrected chi connectivity index (χ1v) is 15.2. The molecule has 1 aromatic heterocycles. The number of urea groups is 1. The fourth-order valence-corrected chi connectivity index (χ4v) is 5.77. The lowest BCUT2D eigenvalue weighted by atomic mass is 9.96. The van der Waals surface area contributed by atoms with Crippen LogP contribution in [0.1, 0.15) is 60.9 Å². The van der Waals surface area contributed by atoms with Crippen molar-refractivity contribution < 1.29 is 23.6 Å². The molecule has 0 saturated carbocycles. The van der Waals surface area contributed by atoms with E-state index in [4.69, 9.17) is 11.6 Å². The lowest BCUT2D eigenvalue weighted by Crippen LogP contribution is -2.50. The van der Waals surface area contributed by atoms with Crippen LogP contribution < -0.4 is 10.6 Å². The number of piperidine rings is 1. The first-order chi connectivity index (χ1) is 20.8. The molecule has 4 amide bonds. The molecule has 0 spiro atoms. The Labute approximate surface area is 262 Å². The van der Waals surface area contributed by atoms with Crippen molar-refractivity contribution >= 4 is 41.3 Å². The third-order valence-electron chi connectivity index (χ3n) is 8.25. The van der Waals surface area contributed by atoms with E-state index in [1.165, 1.54) is 28.6 Å². The van der Waals surface area contributed by atoms with Gasteiger partial charge in [-0.1, -0.05) is 29.8 Å². The highest BCUT2D eigenvalue weighted by Gasteiger charge is 2.30. The van der Waals surface area contributed by atoms with Crippen LogP contribution in [-0.4, -0.2) is 100.0 Å². The fourth-order valence-electron chi connectivity index (χ4n) is 5.57. The van der Waals surface area contributed by atoms with Gasteiger partial charge in [-0.3, -0.25) is 19.1 Å². The van der Waals surface area contributed by atoms with Crippen LogP contribution in [0.15, 0.2) is 24.3 Å². The molecule has 13 heteroatoms. The lowest BCUT2D eigenvalue weighted by molar-refractivity contribution is -0.138. The van der Waals surface area contributed by atoms with Crippen LogP contribution in [0.3, 0.4) is 0 Å². The van der Waals surface area contributed by atoms with Gasteiger partial charge < -0.3 is 25.3 Å². The summed E-state index contributed by atoms with van der Waals surface area (Å²) in [6.07, 6.45) is 5.81. The summed E-state index contributed by atoms with van der Waals surface area (Å²) in [4.78, 5) is 57.1. The molecule has 1 atom stereocenters. The highest BCUT2D eigenvalue weighted by atomic mass is 35.5. The summed E-state index contributed by atoms with van der Waals surface area (Å²) < 4.78 is 15.7. The molecule has 44 heavy (non-hydrogen) atoms. The average Bonchev–Trinajstić information content (AvgIpc) is 3.34. The van der Waals surface area contributed by atoms with Crippen molar-refractivity contribution in [1.29, 1.82) is 0 Å². The molecule has 1 saturated heterocycles. The first kappa shape index (κ1) is 33.1. The number of ketones is 1. The zero-order valence-corrected chi connectivity index (χ0v) is 26.7. The van der Waals surface area contributed by atoms with Crippen molar-refractivity contribution in [1.82, 2.24) is 35.1 Å². The van der Waals surface area contributed by atoms with E-state index in [-0.39, 0.29) is 71.8 Å². The molecule has 2 aromatic rings. The van der Waals surface area contributed by atoms with E-state index in [1.807, 2.05) is 13.1 Å². The number of carbonyl (C=O) groups is 4. The lowest BCUT2D eigenvalue weighted by Gasteiger charge is -2.35. The Balaban J connectivity index is 1.41. The number of hydrogen-bond acceptors (Lipinski definition) is 6. The number of hydrogen-bond donors (Lipinski definition) is 2. The predicted octanol–water partition coefficient (Wildman–Crippen LogP) is 3.11. The topological polar surface area (TPSA) is 120 Å². The number of amides is 4. The normalized spacial score (nSPS) is 16.9. The monoisotopic (exact) mass is 629 g/mol. The molecule has 2 N–H and O–H groups in total. The summed E-state index contributed by atoms with van der Waals surface area (Å²) >= 11 is 5.82. The van der Waals surface area contributed by atoms with Crippen molar-refractivity contribution in [2.75, 3.05) is 33.7 Å². The largest absolute Gasteiger partial charge is 0.350 e. The number of benzene rings is 1. The number of likely N-dealkylation sites (tertiary alicyclic amines) is 1. The number of nitrogens with zero attached hydrogens (tertiary/aromatic N) is 5. The Morgan fingerprint density at radius 2 is 1.89 bits per heavy atom. The fraction of sp³-hybridized carbons (Fsp3) is 0.516. The van der Waals surface area contributed by atoms with Crippen molar-refractivity contribution in [2.24, 2.45) is 0 Å². The first-order valence-electron chi connectivity index (χ1n) is 14.8. The number of carbonyl (C=O) groups excluding carboxylic acids is 4. The van der Waals surface area contributed by atoms with Gasteiger partial charge in [-0.05, 0) is 59.0 Å². The van der Waals surface area contributed by atoms with Gasteiger partial charge in [0.25, 0.3) is 0 Å². The van der Waals surface area contributed by atoms with E-state index in [1.54, 1.807) is 30.9 Å². The van der Waals surface area contributed by atoms with E-state index in [0.717, 1.165) is 25.9 Å². The Bertz CT molecular complexity index is 1430. The van der Waals surface area contributed by atoms with Gasteiger partial charge in [0, 0.05) is 50.1 Å². The van der Waals surface area contributed by atoms with E-state index >= 15 is 0 Å². The summed E-state index contributed by atoms with van der Waals surface area (Å²) in [6, 6.07) is 3.89. The van der Waals surface area contributed by atoms with Gasteiger partial charge in [0.05, 0.1) is 23.3 Å². The molecule has 1 unspecified atom stereocenters. The SMILES string of the molecule is CC(=O)c1nn(CC(=O)N(CC(=O)NCc2cccc(Cl)c2F)C(C)C)c2c1CC(NC(=O)N(C)C1CCN(C)CC1)C=C2. The maximum atomic E-state index is 14.2. The third kappa shape index (κ3) is 7.84. The molecule has 0 bridgehead atoms. The summed E-state index contributed by atoms with van der Waals surface area (Å²) in [5.41, 5.74) is 1.76. The molecular formula is C31H41ClFN7O4. The number of aromatic nitrogens is 2. The van der Waals surface area contributed by atoms with Gasteiger partial charge in [0.1, 0.15) is 18.1 Å². The van der Waals surface area contributed by atoms with Crippen molar-refractivity contribution in [3.05, 3.63) is 57.6 Å². The molecule has 2 aliphatic rings. The number of nitrogens with one attached hydrogen (secondary N) is 2. The minimum absolute atomic E-state index is 0.0362. The van der Waals surface area contributed by atoms with Gasteiger partial charge in [0.2, 0.25) is 11.8 Å². The van der Waals surface area contributed by atoms with E-state index in [0.29, 0.717) is 17.7 Å². The molecule has 1 fully saturated rings. The van der Waals surface area contributed by atoms with E-state index < -0.39 is 11.7 Å². The summed E-state index contributed by atoms with van der Waals surface area (Å²) in [5.74, 6) is -1.67. The van der Waals surface area contributed by atoms with Gasteiger partial charge in [0.15, 0.2) is 5.78 Å². The van der Waals surface area contributed by atoms with E-state index in [2.05, 4.69) is 27.7 Å². The molecule has 4 rings (SSSR count).